The molecule has 1 aliphatic rings. The van der Waals surface area contributed by atoms with Crippen LogP contribution in [0.25, 0.3) is 5.57 Å². The van der Waals surface area contributed by atoms with Gasteiger partial charge in [0.05, 0.1) is 5.41 Å². The minimum absolute atomic E-state index is 0.0316. The standard InChI is InChI=1S/C15H15NO4/c1-15(14(19)20)7-10(6-11(8-15)13(17)18)9-2-4-12(16)5-3-9/h2-7H,8,16H2,1H3,(H,17,18)(H,19,20). The zero-order valence-electron chi connectivity index (χ0n) is 11.0. The van der Waals surface area contributed by atoms with E-state index < -0.39 is 17.4 Å². The van der Waals surface area contributed by atoms with Gasteiger partial charge >= 0.3 is 11.9 Å². The minimum Gasteiger partial charge on any atom is -0.481 e. The predicted octanol–water partition coefficient (Wildman–Crippen LogP) is 2.16. The lowest BCUT2D eigenvalue weighted by molar-refractivity contribution is -0.145. The number of carbonyl (C=O) groups is 2. The molecule has 0 radical (unpaired) electrons. The highest BCUT2D eigenvalue weighted by Gasteiger charge is 2.36. The molecule has 0 aliphatic heterocycles. The van der Waals surface area contributed by atoms with Crippen LogP contribution in [0.5, 0.6) is 0 Å². The fraction of sp³-hybridized carbons (Fsp3) is 0.200. The molecule has 4 N–H and O–H groups in total. The summed E-state index contributed by atoms with van der Waals surface area (Å²) in [5.41, 5.74) is 6.39. The number of anilines is 1. The van der Waals surface area contributed by atoms with Crippen LogP contribution < -0.4 is 5.73 Å². The zero-order valence-corrected chi connectivity index (χ0v) is 11.0. The summed E-state index contributed by atoms with van der Waals surface area (Å²) < 4.78 is 0. The van der Waals surface area contributed by atoms with Crippen LogP contribution in [-0.2, 0) is 9.59 Å². The molecule has 1 aromatic rings. The summed E-state index contributed by atoms with van der Waals surface area (Å²) in [7, 11) is 0. The first-order valence-electron chi connectivity index (χ1n) is 6.08. The summed E-state index contributed by atoms with van der Waals surface area (Å²) in [5, 5.41) is 18.5. The molecule has 0 heterocycles. The first kappa shape index (κ1) is 13.9. The molecule has 5 heteroatoms. The molecule has 1 aromatic carbocycles. The molecule has 0 saturated heterocycles. The summed E-state index contributed by atoms with van der Waals surface area (Å²) >= 11 is 0. The molecule has 20 heavy (non-hydrogen) atoms. The van der Waals surface area contributed by atoms with E-state index in [0.29, 0.717) is 11.3 Å². The van der Waals surface area contributed by atoms with Crippen molar-refractivity contribution in [1.82, 2.24) is 0 Å². The maximum atomic E-state index is 11.4. The fourth-order valence-corrected chi connectivity index (χ4v) is 2.19. The van der Waals surface area contributed by atoms with Gasteiger partial charge in [0.25, 0.3) is 0 Å². The van der Waals surface area contributed by atoms with E-state index in [0.717, 1.165) is 5.56 Å². The maximum Gasteiger partial charge on any atom is 0.331 e. The van der Waals surface area contributed by atoms with E-state index in [9.17, 15) is 14.7 Å². The number of hydrogen-bond donors (Lipinski definition) is 3. The van der Waals surface area contributed by atoms with Gasteiger partial charge in [-0.1, -0.05) is 18.2 Å². The van der Waals surface area contributed by atoms with Gasteiger partial charge in [0.1, 0.15) is 0 Å². The van der Waals surface area contributed by atoms with Crippen LogP contribution in [0.4, 0.5) is 5.69 Å². The summed E-state index contributed by atoms with van der Waals surface area (Å²) in [4.78, 5) is 22.6. The Bertz CT molecular complexity index is 628. The van der Waals surface area contributed by atoms with Crippen molar-refractivity contribution in [2.24, 2.45) is 5.41 Å². The number of hydrogen-bond acceptors (Lipinski definition) is 3. The van der Waals surface area contributed by atoms with Gasteiger partial charge in [0.2, 0.25) is 0 Å². The molecule has 0 amide bonds. The van der Waals surface area contributed by atoms with Crippen molar-refractivity contribution in [2.75, 3.05) is 5.73 Å². The van der Waals surface area contributed by atoms with Gasteiger partial charge in [0.15, 0.2) is 0 Å². The zero-order chi connectivity index (χ0) is 14.9. The van der Waals surface area contributed by atoms with Gasteiger partial charge in [-0.15, -0.1) is 0 Å². The average molecular weight is 273 g/mol. The SMILES string of the molecule is CC1(C(=O)O)C=C(c2ccc(N)cc2)C=C(C(=O)O)C1. The molecule has 0 spiro atoms. The third kappa shape index (κ3) is 2.56. The highest BCUT2D eigenvalue weighted by molar-refractivity contribution is 5.96. The van der Waals surface area contributed by atoms with Gasteiger partial charge in [-0.2, -0.15) is 0 Å². The van der Waals surface area contributed by atoms with Crippen LogP contribution in [0.3, 0.4) is 0 Å². The Morgan fingerprint density at radius 3 is 2.30 bits per heavy atom. The van der Waals surface area contributed by atoms with E-state index in [-0.39, 0.29) is 12.0 Å². The molecular weight excluding hydrogens is 258 g/mol. The number of carboxylic acid groups (broad SMARTS) is 2. The molecule has 2 rings (SSSR count). The van der Waals surface area contributed by atoms with Crippen LogP contribution in [0.2, 0.25) is 0 Å². The Hall–Kier alpha value is -2.56. The van der Waals surface area contributed by atoms with Gasteiger partial charge < -0.3 is 15.9 Å². The number of nitrogens with two attached hydrogens (primary N) is 1. The Morgan fingerprint density at radius 2 is 1.80 bits per heavy atom. The smallest absolute Gasteiger partial charge is 0.331 e. The minimum atomic E-state index is -1.22. The van der Waals surface area contributed by atoms with E-state index in [1.54, 1.807) is 30.3 Å². The monoisotopic (exact) mass is 273 g/mol. The first-order chi connectivity index (χ1) is 9.32. The lowest BCUT2D eigenvalue weighted by atomic mass is 9.76. The lowest BCUT2D eigenvalue weighted by Crippen LogP contribution is -2.29. The molecule has 0 fully saturated rings. The molecule has 0 aromatic heterocycles. The normalized spacial score (nSPS) is 21.9. The Labute approximate surface area is 116 Å². The van der Waals surface area contributed by atoms with Crippen LogP contribution in [0.15, 0.2) is 42.0 Å². The van der Waals surface area contributed by atoms with Gasteiger partial charge in [-0.25, -0.2) is 4.79 Å². The predicted molar refractivity (Wildman–Crippen MR) is 74.9 cm³/mol. The van der Waals surface area contributed by atoms with Crippen molar-refractivity contribution >= 4 is 23.2 Å². The molecule has 1 atom stereocenters. The molecule has 0 bridgehead atoms. The van der Waals surface area contributed by atoms with E-state index in [1.807, 2.05) is 0 Å². The van der Waals surface area contributed by atoms with E-state index >= 15 is 0 Å². The van der Waals surface area contributed by atoms with E-state index in [1.165, 1.54) is 13.0 Å². The number of nitrogen functional groups attached to an aromatic ring is 1. The molecule has 1 aliphatic carbocycles. The van der Waals surface area contributed by atoms with Crippen LogP contribution in [-0.4, -0.2) is 22.2 Å². The lowest BCUT2D eigenvalue weighted by Gasteiger charge is -2.26. The van der Waals surface area contributed by atoms with Crippen molar-refractivity contribution in [3.8, 4) is 0 Å². The molecule has 104 valence electrons. The number of aliphatic carboxylic acids is 2. The number of carboxylic acids is 2. The summed E-state index contributed by atoms with van der Waals surface area (Å²) in [6.07, 6.45) is 3.07. The summed E-state index contributed by atoms with van der Waals surface area (Å²) in [6, 6.07) is 6.86. The number of rotatable bonds is 3. The highest BCUT2D eigenvalue weighted by Crippen LogP contribution is 2.37. The van der Waals surface area contributed by atoms with Crippen LogP contribution in [0, 0.1) is 5.41 Å². The topological polar surface area (TPSA) is 101 Å². The quantitative estimate of drug-likeness (QED) is 0.733. The summed E-state index contributed by atoms with van der Waals surface area (Å²) in [5.74, 6) is -2.14. The first-order valence-corrected chi connectivity index (χ1v) is 6.08. The highest BCUT2D eigenvalue weighted by atomic mass is 16.4. The Kier molecular flexibility index (Phi) is 3.36. The van der Waals surface area contributed by atoms with Crippen molar-refractivity contribution in [2.45, 2.75) is 13.3 Å². The maximum absolute atomic E-state index is 11.4. The van der Waals surface area contributed by atoms with Gasteiger partial charge in [-0.3, -0.25) is 4.79 Å². The van der Waals surface area contributed by atoms with Crippen LogP contribution in [0.1, 0.15) is 18.9 Å². The van der Waals surface area contributed by atoms with Crippen LogP contribution >= 0.6 is 0 Å². The second-order valence-corrected chi connectivity index (χ2v) is 5.10. The Balaban J connectivity index is 2.52. The summed E-state index contributed by atoms with van der Waals surface area (Å²) in [6.45, 7) is 1.52. The molecule has 1 unspecified atom stereocenters. The number of benzene rings is 1. The average Bonchev–Trinajstić information content (AvgIpc) is 2.38. The van der Waals surface area contributed by atoms with Gasteiger partial charge in [-0.05, 0) is 42.7 Å². The second-order valence-electron chi connectivity index (χ2n) is 5.10. The van der Waals surface area contributed by atoms with E-state index in [4.69, 9.17) is 10.8 Å². The molecule has 0 saturated carbocycles. The van der Waals surface area contributed by atoms with Crippen molar-refractivity contribution in [3.63, 3.8) is 0 Å². The van der Waals surface area contributed by atoms with Gasteiger partial charge in [0, 0.05) is 11.3 Å². The molecular formula is C15H15NO4. The van der Waals surface area contributed by atoms with E-state index in [2.05, 4.69) is 0 Å². The fourth-order valence-electron chi connectivity index (χ4n) is 2.19. The van der Waals surface area contributed by atoms with Crippen molar-refractivity contribution in [1.29, 1.82) is 0 Å². The number of allylic oxidation sites excluding steroid dienone is 2. The molecule has 5 nitrogen and oxygen atoms in total. The largest absolute Gasteiger partial charge is 0.481 e. The van der Waals surface area contributed by atoms with Crippen molar-refractivity contribution in [3.05, 3.63) is 47.6 Å². The second kappa shape index (κ2) is 4.85. The Morgan fingerprint density at radius 1 is 1.20 bits per heavy atom. The third-order valence-electron chi connectivity index (χ3n) is 3.37. The third-order valence-corrected chi connectivity index (χ3v) is 3.37. The van der Waals surface area contributed by atoms with Crippen molar-refractivity contribution < 1.29 is 19.8 Å².